The molecule has 0 unspecified atom stereocenters. The van der Waals surface area contributed by atoms with E-state index in [0.717, 1.165) is 11.1 Å². The molecule has 0 fully saturated rings. The molecule has 0 spiro atoms. The Bertz CT molecular complexity index is 522. The van der Waals surface area contributed by atoms with Gasteiger partial charge in [0.05, 0.1) is 5.69 Å². The minimum atomic E-state index is 0.120. The number of halogens is 1. The Balaban J connectivity index is 2.59. The van der Waals surface area contributed by atoms with Crippen molar-refractivity contribution in [2.24, 2.45) is 0 Å². The Morgan fingerprint density at radius 3 is 2.31 bits per heavy atom. The van der Waals surface area contributed by atoms with E-state index in [1.54, 1.807) is 0 Å². The van der Waals surface area contributed by atoms with Crippen LogP contribution in [0.1, 0.15) is 5.56 Å². The van der Waals surface area contributed by atoms with Crippen LogP contribution in [0.3, 0.4) is 0 Å². The molecule has 0 bridgehead atoms. The van der Waals surface area contributed by atoms with E-state index < -0.39 is 0 Å². The van der Waals surface area contributed by atoms with Crippen molar-refractivity contribution in [3.05, 3.63) is 35.0 Å². The summed E-state index contributed by atoms with van der Waals surface area (Å²) in [5, 5.41) is 0.183. The number of hydrogen-bond acceptors (Lipinski definition) is 4. The summed E-state index contributed by atoms with van der Waals surface area (Å²) < 4.78 is 0. The number of rotatable bonds is 1. The van der Waals surface area contributed by atoms with E-state index in [-0.39, 0.29) is 11.1 Å². The molecule has 82 valence electrons. The molecule has 1 heterocycles. The highest BCUT2D eigenvalue weighted by Gasteiger charge is 2.10. The molecule has 0 atom stereocenters. The quantitative estimate of drug-likeness (QED) is 0.742. The summed E-state index contributed by atoms with van der Waals surface area (Å²) >= 11 is 5.84. The molecule has 0 aliphatic carbocycles. The first-order chi connectivity index (χ1) is 7.58. The zero-order valence-corrected chi connectivity index (χ0v) is 9.49. The van der Waals surface area contributed by atoms with Gasteiger partial charge in [0.25, 0.3) is 0 Å². The van der Waals surface area contributed by atoms with E-state index in [2.05, 4.69) is 9.97 Å². The Hall–Kier alpha value is -1.81. The highest BCUT2D eigenvalue weighted by molar-refractivity contribution is 6.32. The first-order valence-corrected chi connectivity index (χ1v) is 5.11. The third-order valence-corrected chi connectivity index (χ3v) is 2.53. The van der Waals surface area contributed by atoms with Crippen molar-refractivity contribution in [3.8, 4) is 11.3 Å². The molecule has 0 saturated heterocycles. The van der Waals surface area contributed by atoms with Crippen molar-refractivity contribution >= 4 is 23.2 Å². The van der Waals surface area contributed by atoms with Crippen molar-refractivity contribution < 1.29 is 0 Å². The van der Waals surface area contributed by atoms with E-state index in [1.807, 2.05) is 31.2 Å². The maximum absolute atomic E-state index is 5.84. The highest BCUT2D eigenvalue weighted by Crippen LogP contribution is 2.29. The second kappa shape index (κ2) is 3.98. The molecular weight excluding hydrogens is 224 g/mol. The lowest BCUT2D eigenvalue weighted by molar-refractivity contribution is 1.19. The average molecular weight is 235 g/mol. The normalized spacial score (nSPS) is 10.4. The van der Waals surface area contributed by atoms with Crippen molar-refractivity contribution in [2.45, 2.75) is 6.92 Å². The zero-order chi connectivity index (χ0) is 11.7. The molecule has 0 aliphatic rings. The molecule has 0 amide bonds. The Morgan fingerprint density at radius 2 is 1.69 bits per heavy atom. The summed E-state index contributed by atoms with van der Waals surface area (Å²) in [6.45, 7) is 2.01. The molecule has 2 rings (SSSR count). The maximum Gasteiger partial charge on any atom is 0.222 e. The molecule has 1 aromatic heterocycles. The van der Waals surface area contributed by atoms with Crippen LogP contribution in [0.5, 0.6) is 0 Å². The van der Waals surface area contributed by atoms with Crippen molar-refractivity contribution in [1.82, 2.24) is 9.97 Å². The number of hydrogen-bond donors (Lipinski definition) is 2. The molecule has 4 N–H and O–H groups in total. The summed E-state index contributed by atoms with van der Waals surface area (Å²) in [7, 11) is 0. The Labute approximate surface area is 98.3 Å². The van der Waals surface area contributed by atoms with E-state index in [9.17, 15) is 0 Å². The van der Waals surface area contributed by atoms with Gasteiger partial charge >= 0.3 is 0 Å². The standard InChI is InChI=1S/C11H11ClN4/c1-6-2-4-7(5-3-6)9-8(13)10(12)16-11(14)15-9/h2-5H,13H2,1H3,(H2,14,15,16). The van der Waals surface area contributed by atoms with Gasteiger partial charge in [-0.2, -0.15) is 4.98 Å². The molecule has 0 saturated carbocycles. The van der Waals surface area contributed by atoms with Crippen LogP contribution in [0.25, 0.3) is 11.3 Å². The van der Waals surface area contributed by atoms with Crippen LogP contribution >= 0.6 is 11.6 Å². The van der Waals surface area contributed by atoms with Gasteiger partial charge in [0.15, 0.2) is 5.15 Å². The number of aryl methyl sites for hydroxylation is 1. The lowest BCUT2D eigenvalue weighted by atomic mass is 10.1. The van der Waals surface area contributed by atoms with Crippen LogP contribution in [0.2, 0.25) is 5.15 Å². The van der Waals surface area contributed by atoms with Gasteiger partial charge in [0.1, 0.15) is 5.69 Å². The predicted molar refractivity (Wildman–Crippen MR) is 66.0 cm³/mol. The number of nitrogens with two attached hydrogens (primary N) is 2. The minimum Gasteiger partial charge on any atom is -0.394 e. The maximum atomic E-state index is 5.84. The monoisotopic (exact) mass is 234 g/mol. The molecule has 0 aliphatic heterocycles. The lowest BCUT2D eigenvalue weighted by Gasteiger charge is -2.07. The van der Waals surface area contributed by atoms with Gasteiger partial charge < -0.3 is 11.5 Å². The first kappa shape index (κ1) is 10.7. The Kier molecular flexibility index (Phi) is 2.66. The van der Waals surface area contributed by atoms with Crippen LogP contribution in [-0.4, -0.2) is 9.97 Å². The second-order valence-corrected chi connectivity index (χ2v) is 3.86. The summed E-state index contributed by atoms with van der Waals surface area (Å²) in [6.07, 6.45) is 0. The zero-order valence-electron chi connectivity index (χ0n) is 8.74. The van der Waals surface area contributed by atoms with Crippen LogP contribution in [0.15, 0.2) is 24.3 Å². The fourth-order valence-corrected chi connectivity index (χ4v) is 1.57. The van der Waals surface area contributed by atoms with Crippen LogP contribution in [0.4, 0.5) is 11.6 Å². The molecule has 1 aromatic carbocycles. The summed E-state index contributed by atoms with van der Waals surface area (Å²) in [5.74, 6) is 0.120. The molecular formula is C11H11ClN4. The predicted octanol–water partition coefficient (Wildman–Crippen LogP) is 2.27. The fraction of sp³-hybridized carbons (Fsp3) is 0.0909. The van der Waals surface area contributed by atoms with Gasteiger partial charge in [-0.3, -0.25) is 0 Å². The SMILES string of the molecule is Cc1ccc(-c2nc(N)nc(Cl)c2N)cc1. The lowest BCUT2D eigenvalue weighted by Crippen LogP contribution is -2.02. The van der Waals surface area contributed by atoms with Crippen molar-refractivity contribution in [1.29, 1.82) is 0 Å². The van der Waals surface area contributed by atoms with Crippen molar-refractivity contribution in [2.75, 3.05) is 11.5 Å². The fourth-order valence-electron chi connectivity index (χ4n) is 1.39. The number of nitrogen functional groups attached to an aromatic ring is 2. The second-order valence-electron chi connectivity index (χ2n) is 3.50. The number of nitrogens with zero attached hydrogens (tertiary/aromatic N) is 2. The molecule has 4 nitrogen and oxygen atoms in total. The van der Waals surface area contributed by atoms with Crippen LogP contribution < -0.4 is 11.5 Å². The van der Waals surface area contributed by atoms with E-state index in [1.165, 1.54) is 0 Å². The van der Waals surface area contributed by atoms with Crippen LogP contribution in [-0.2, 0) is 0 Å². The minimum absolute atomic E-state index is 0.120. The number of aromatic nitrogens is 2. The first-order valence-electron chi connectivity index (χ1n) is 4.73. The summed E-state index contributed by atoms with van der Waals surface area (Å²) in [5.41, 5.74) is 14.3. The molecule has 0 radical (unpaired) electrons. The summed E-state index contributed by atoms with van der Waals surface area (Å²) in [4.78, 5) is 7.87. The van der Waals surface area contributed by atoms with Gasteiger partial charge in [-0.05, 0) is 6.92 Å². The molecule has 2 aromatic rings. The van der Waals surface area contributed by atoms with Crippen LogP contribution in [0, 0.1) is 6.92 Å². The van der Waals surface area contributed by atoms with Gasteiger partial charge in [0, 0.05) is 5.56 Å². The van der Waals surface area contributed by atoms with Gasteiger partial charge in [-0.1, -0.05) is 41.4 Å². The van der Waals surface area contributed by atoms with Gasteiger partial charge in [0.2, 0.25) is 5.95 Å². The van der Waals surface area contributed by atoms with E-state index >= 15 is 0 Å². The van der Waals surface area contributed by atoms with E-state index in [4.69, 9.17) is 23.1 Å². The third kappa shape index (κ3) is 1.92. The summed E-state index contributed by atoms with van der Waals surface area (Å²) in [6, 6.07) is 7.79. The van der Waals surface area contributed by atoms with E-state index in [0.29, 0.717) is 11.4 Å². The topological polar surface area (TPSA) is 77.8 Å². The molecule has 5 heteroatoms. The van der Waals surface area contributed by atoms with Crippen molar-refractivity contribution in [3.63, 3.8) is 0 Å². The number of benzene rings is 1. The Morgan fingerprint density at radius 1 is 1.06 bits per heavy atom. The molecule has 16 heavy (non-hydrogen) atoms. The third-order valence-electron chi connectivity index (χ3n) is 2.24. The number of anilines is 2. The van der Waals surface area contributed by atoms with Gasteiger partial charge in [-0.25, -0.2) is 4.98 Å². The smallest absolute Gasteiger partial charge is 0.222 e. The van der Waals surface area contributed by atoms with Gasteiger partial charge in [-0.15, -0.1) is 0 Å². The highest BCUT2D eigenvalue weighted by atomic mass is 35.5. The average Bonchev–Trinajstić information content (AvgIpc) is 2.25. The largest absolute Gasteiger partial charge is 0.394 e.